The number of fused-ring (bicyclic) bond motifs is 1. The first-order chi connectivity index (χ1) is 16.0. The molecule has 0 aliphatic heterocycles. The summed E-state index contributed by atoms with van der Waals surface area (Å²) >= 11 is 0. The third-order valence-corrected chi connectivity index (χ3v) is 5.18. The second kappa shape index (κ2) is 9.86. The molecule has 0 aliphatic carbocycles. The Labute approximate surface area is 189 Å². The number of para-hydroxylation sites is 3. The molecule has 4 aromatic rings. The number of nitrogens with zero attached hydrogens (tertiary/aromatic N) is 1. The molecule has 0 radical (unpaired) electrons. The van der Waals surface area contributed by atoms with Gasteiger partial charge in [-0.3, -0.25) is 25.0 Å². The quantitative estimate of drug-likeness (QED) is 0.426. The molecule has 3 aromatic carbocycles. The number of carbonyl (C=O) groups excluding carboxylic acids is 2. The normalized spacial score (nSPS) is 11.7. The molecule has 2 N–H and O–H groups in total. The molecular formula is C25H23N3O5. The molecule has 0 fully saturated rings. The van der Waals surface area contributed by atoms with Gasteiger partial charge in [0.05, 0.1) is 5.52 Å². The van der Waals surface area contributed by atoms with Gasteiger partial charge in [0.1, 0.15) is 11.8 Å². The van der Waals surface area contributed by atoms with Crippen LogP contribution in [0.4, 0.5) is 0 Å². The van der Waals surface area contributed by atoms with Gasteiger partial charge in [-0.2, -0.15) is 0 Å². The lowest BCUT2D eigenvalue weighted by molar-refractivity contribution is -0.131. The molecule has 0 saturated carbocycles. The van der Waals surface area contributed by atoms with Gasteiger partial charge in [-0.25, -0.2) is 4.79 Å². The Kier molecular flexibility index (Phi) is 6.54. The van der Waals surface area contributed by atoms with E-state index in [0.29, 0.717) is 23.3 Å². The smallest absolute Gasteiger partial charge is 0.420 e. The van der Waals surface area contributed by atoms with E-state index in [1.54, 1.807) is 37.3 Å². The Hall–Kier alpha value is -4.33. The summed E-state index contributed by atoms with van der Waals surface area (Å²) in [5.74, 6) is -1.16. The zero-order valence-electron chi connectivity index (χ0n) is 18.0. The van der Waals surface area contributed by atoms with Crippen LogP contribution in [0.25, 0.3) is 11.1 Å². The van der Waals surface area contributed by atoms with Crippen LogP contribution in [-0.2, 0) is 16.0 Å². The first-order valence-corrected chi connectivity index (χ1v) is 10.5. The molecule has 0 spiro atoms. The molecule has 0 bridgehead atoms. The van der Waals surface area contributed by atoms with E-state index in [1.165, 1.54) is 4.57 Å². The van der Waals surface area contributed by atoms with Gasteiger partial charge in [0.15, 0.2) is 12.2 Å². The van der Waals surface area contributed by atoms with Crippen LogP contribution in [0, 0.1) is 0 Å². The summed E-state index contributed by atoms with van der Waals surface area (Å²) in [5.41, 5.74) is 7.61. The predicted molar refractivity (Wildman–Crippen MR) is 123 cm³/mol. The lowest BCUT2D eigenvalue weighted by atomic mass is 10.0. The molecule has 0 aliphatic rings. The minimum atomic E-state index is -0.894. The maximum absolute atomic E-state index is 12.5. The molecular weight excluding hydrogens is 422 g/mol. The summed E-state index contributed by atoms with van der Waals surface area (Å²) in [4.78, 5) is 36.9. The first-order valence-electron chi connectivity index (χ1n) is 10.5. The van der Waals surface area contributed by atoms with Crippen molar-refractivity contribution in [2.45, 2.75) is 19.4 Å². The van der Waals surface area contributed by atoms with E-state index in [-0.39, 0.29) is 6.61 Å². The van der Waals surface area contributed by atoms with Crippen molar-refractivity contribution in [2.24, 2.45) is 0 Å². The van der Waals surface area contributed by atoms with Crippen molar-refractivity contribution < 1.29 is 18.7 Å². The number of hydrogen-bond donors (Lipinski definition) is 2. The minimum absolute atomic E-state index is 0.283. The predicted octanol–water partition coefficient (Wildman–Crippen LogP) is 2.97. The average molecular weight is 445 g/mol. The molecule has 1 heterocycles. The lowest BCUT2D eigenvalue weighted by Crippen LogP contribution is -2.47. The van der Waals surface area contributed by atoms with Crippen LogP contribution in [-0.4, -0.2) is 23.0 Å². The second-order valence-corrected chi connectivity index (χ2v) is 7.48. The van der Waals surface area contributed by atoms with E-state index < -0.39 is 23.6 Å². The van der Waals surface area contributed by atoms with Crippen molar-refractivity contribution in [1.82, 2.24) is 15.4 Å². The summed E-state index contributed by atoms with van der Waals surface area (Å²) in [6.45, 7) is 1.26. The van der Waals surface area contributed by atoms with Crippen LogP contribution in [0.2, 0.25) is 0 Å². The number of benzene rings is 3. The van der Waals surface area contributed by atoms with Crippen molar-refractivity contribution in [1.29, 1.82) is 0 Å². The van der Waals surface area contributed by atoms with Crippen molar-refractivity contribution >= 4 is 22.9 Å². The molecule has 8 heteroatoms. The molecule has 33 heavy (non-hydrogen) atoms. The molecule has 2 amide bonds. The van der Waals surface area contributed by atoms with Gasteiger partial charge in [0.25, 0.3) is 11.8 Å². The Morgan fingerprint density at radius 3 is 2.45 bits per heavy atom. The van der Waals surface area contributed by atoms with E-state index in [9.17, 15) is 14.4 Å². The molecule has 1 unspecified atom stereocenters. The van der Waals surface area contributed by atoms with E-state index in [4.69, 9.17) is 9.15 Å². The zero-order chi connectivity index (χ0) is 23.2. The van der Waals surface area contributed by atoms with Gasteiger partial charge in [-0.1, -0.05) is 60.7 Å². The maximum Gasteiger partial charge on any atom is 0.420 e. The summed E-state index contributed by atoms with van der Waals surface area (Å²) in [7, 11) is 0. The van der Waals surface area contributed by atoms with E-state index in [2.05, 4.69) is 10.9 Å². The number of rotatable bonds is 7. The average Bonchev–Trinajstić information content (AvgIpc) is 3.17. The molecule has 4 rings (SSSR count). The first kappa shape index (κ1) is 21.9. The fraction of sp³-hybridized carbons (Fsp3) is 0.160. The standard InChI is InChI=1S/C25H23N3O5/c1-17(28-20-12-6-8-14-22(20)33-25(28)31)24(30)27-26-23(29)16-32-21-13-7-5-11-19(21)15-18-9-3-2-4-10-18/h2-14,17H,15-16H2,1H3,(H,26,29)(H,27,30). The van der Waals surface area contributed by atoms with Crippen LogP contribution >= 0.6 is 0 Å². The molecule has 0 saturated heterocycles. The number of hydrogen-bond acceptors (Lipinski definition) is 5. The SMILES string of the molecule is CC(C(=O)NNC(=O)COc1ccccc1Cc1ccccc1)n1c(=O)oc2ccccc21. The van der Waals surface area contributed by atoms with Crippen molar-refractivity contribution in [3.63, 3.8) is 0 Å². The number of aromatic nitrogens is 1. The van der Waals surface area contributed by atoms with Crippen molar-refractivity contribution in [2.75, 3.05) is 6.61 Å². The lowest BCUT2D eigenvalue weighted by Gasteiger charge is -2.15. The Balaban J connectivity index is 1.33. The number of amides is 2. The number of nitrogens with one attached hydrogen (secondary N) is 2. The van der Waals surface area contributed by atoms with Crippen LogP contribution in [0.15, 0.2) is 88.1 Å². The zero-order valence-corrected chi connectivity index (χ0v) is 18.0. The van der Waals surface area contributed by atoms with E-state index in [1.807, 2.05) is 48.5 Å². The summed E-state index contributed by atoms with van der Waals surface area (Å²) < 4.78 is 12.1. The number of hydrazine groups is 1. The third-order valence-electron chi connectivity index (χ3n) is 5.18. The highest BCUT2D eigenvalue weighted by Crippen LogP contribution is 2.21. The minimum Gasteiger partial charge on any atom is -0.483 e. The second-order valence-electron chi connectivity index (χ2n) is 7.48. The van der Waals surface area contributed by atoms with Crippen LogP contribution in [0.5, 0.6) is 5.75 Å². The van der Waals surface area contributed by atoms with Crippen molar-refractivity contribution in [3.8, 4) is 5.75 Å². The van der Waals surface area contributed by atoms with Gasteiger partial charge in [0, 0.05) is 6.42 Å². The molecule has 168 valence electrons. The van der Waals surface area contributed by atoms with Gasteiger partial charge in [-0.05, 0) is 36.2 Å². The highest BCUT2D eigenvalue weighted by Gasteiger charge is 2.21. The maximum atomic E-state index is 12.5. The third kappa shape index (κ3) is 5.12. The van der Waals surface area contributed by atoms with Gasteiger partial charge >= 0.3 is 5.76 Å². The van der Waals surface area contributed by atoms with Crippen LogP contribution < -0.4 is 21.3 Å². The number of ether oxygens (including phenoxy) is 1. The number of oxazole rings is 1. The van der Waals surface area contributed by atoms with E-state index in [0.717, 1.165) is 11.1 Å². The molecule has 1 aromatic heterocycles. The monoisotopic (exact) mass is 445 g/mol. The molecule has 1 atom stereocenters. The Morgan fingerprint density at radius 2 is 1.64 bits per heavy atom. The summed E-state index contributed by atoms with van der Waals surface area (Å²) in [5, 5.41) is 0. The summed E-state index contributed by atoms with van der Waals surface area (Å²) in [6, 6.07) is 23.3. The highest BCUT2D eigenvalue weighted by atomic mass is 16.5. The fourth-order valence-electron chi connectivity index (χ4n) is 3.49. The van der Waals surface area contributed by atoms with Crippen LogP contribution in [0.1, 0.15) is 24.1 Å². The van der Waals surface area contributed by atoms with Gasteiger partial charge in [0.2, 0.25) is 0 Å². The topological polar surface area (TPSA) is 103 Å². The molecule has 8 nitrogen and oxygen atoms in total. The van der Waals surface area contributed by atoms with E-state index >= 15 is 0 Å². The van der Waals surface area contributed by atoms with Crippen LogP contribution in [0.3, 0.4) is 0 Å². The number of carbonyl (C=O) groups is 2. The Bertz CT molecular complexity index is 1330. The van der Waals surface area contributed by atoms with Gasteiger partial charge in [-0.15, -0.1) is 0 Å². The fourth-order valence-corrected chi connectivity index (χ4v) is 3.49. The summed E-state index contributed by atoms with van der Waals surface area (Å²) in [6.07, 6.45) is 0.667. The van der Waals surface area contributed by atoms with Gasteiger partial charge < -0.3 is 9.15 Å². The van der Waals surface area contributed by atoms with Crippen molar-refractivity contribution in [3.05, 3.63) is 101 Å². The largest absolute Gasteiger partial charge is 0.483 e. The highest BCUT2D eigenvalue weighted by molar-refractivity contribution is 5.86. The Morgan fingerprint density at radius 1 is 0.939 bits per heavy atom.